The van der Waals surface area contributed by atoms with E-state index in [1.807, 2.05) is 42.5 Å². The van der Waals surface area contributed by atoms with Gasteiger partial charge in [-0.15, -0.1) is 0 Å². The fourth-order valence-corrected chi connectivity index (χ4v) is 2.33. The van der Waals surface area contributed by atoms with Crippen LogP contribution in [0.2, 0.25) is 0 Å². The predicted molar refractivity (Wildman–Crippen MR) is 68.3 cm³/mol. The third kappa shape index (κ3) is 2.17. The summed E-state index contributed by atoms with van der Waals surface area (Å²) in [5, 5.41) is 0. The fraction of sp³-hybridized carbons (Fsp3) is 0.143. The van der Waals surface area contributed by atoms with Crippen molar-refractivity contribution in [1.29, 1.82) is 0 Å². The van der Waals surface area contributed by atoms with Gasteiger partial charge in [0.05, 0.1) is 4.83 Å². The summed E-state index contributed by atoms with van der Waals surface area (Å²) in [6.07, 6.45) is 0. The van der Waals surface area contributed by atoms with Gasteiger partial charge in [-0.25, -0.2) is 4.39 Å². The summed E-state index contributed by atoms with van der Waals surface area (Å²) in [6, 6.07) is 15.3. The Morgan fingerprint density at radius 1 is 1.00 bits per heavy atom. The molecule has 0 bridgehead atoms. The Bertz CT molecular complexity index is 479. The maximum Gasteiger partial charge on any atom is 0.130 e. The number of alkyl halides is 1. The summed E-state index contributed by atoms with van der Waals surface area (Å²) in [5.74, 6) is -0.131. The lowest BCUT2D eigenvalue weighted by molar-refractivity contribution is 0.604. The van der Waals surface area contributed by atoms with E-state index >= 15 is 0 Å². The van der Waals surface area contributed by atoms with E-state index in [1.165, 1.54) is 0 Å². The van der Waals surface area contributed by atoms with Gasteiger partial charge in [-0.2, -0.15) is 0 Å². The Labute approximate surface area is 103 Å². The van der Waals surface area contributed by atoms with Crippen LogP contribution in [0.25, 0.3) is 0 Å². The largest absolute Gasteiger partial charge is 0.206 e. The van der Waals surface area contributed by atoms with E-state index in [2.05, 4.69) is 15.9 Å². The second kappa shape index (κ2) is 4.79. The minimum absolute atomic E-state index is 0.0893. The molecule has 2 heteroatoms. The molecule has 2 rings (SSSR count). The van der Waals surface area contributed by atoms with Gasteiger partial charge < -0.3 is 0 Å². The van der Waals surface area contributed by atoms with Crippen LogP contribution in [0.1, 0.15) is 21.5 Å². The second-order valence-electron chi connectivity index (χ2n) is 3.75. The van der Waals surface area contributed by atoms with Crippen LogP contribution in [-0.4, -0.2) is 0 Å². The third-order valence-electron chi connectivity index (χ3n) is 2.59. The Morgan fingerprint density at radius 2 is 1.69 bits per heavy atom. The zero-order valence-electron chi connectivity index (χ0n) is 8.95. The lowest BCUT2D eigenvalue weighted by Gasteiger charge is -2.12. The molecule has 0 nitrogen and oxygen atoms in total. The van der Waals surface area contributed by atoms with E-state index in [9.17, 15) is 4.39 Å². The van der Waals surface area contributed by atoms with Crippen molar-refractivity contribution < 1.29 is 4.39 Å². The van der Waals surface area contributed by atoms with Crippen molar-refractivity contribution in [1.82, 2.24) is 0 Å². The highest BCUT2D eigenvalue weighted by atomic mass is 79.9. The predicted octanol–water partition coefficient (Wildman–Crippen LogP) is 4.62. The molecule has 0 radical (unpaired) electrons. The Morgan fingerprint density at radius 3 is 2.38 bits per heavy atom. The monoisotopic (exact) mass is 278 g/mol. The summed E-state index contributed by atoms with van der Waals surface area (Å²) >= 11 is 3.54. The summed E-state index contributed by atoms with van der Waals surface area (Å²) in [7, 11) is 0. The SMILES string of the molecule is Cc1cccc(C(Br)c2ccccc2)c1F. The van der Waals surface area contributed by atoms with Crippen molar-refractivity contribution in [3.05, 3.63) is 71.0 Å². The molecule has 1 unspecified atom stereocenters. The van der Waals surface area contributed by atoms with E-state index in [0.717, 1.165) is 5.56 Å². The molecule has 0 aliphatic rings. The summed E-state index contributed by atoms with van der Waals surface area (Å²) in [6.45, 7) is 1.78. The van der Waals surface area contributed by atoms with Crippen molar-refractivity contribution in [2.45, 2.75) is 11.8 Å². The minimum Gasteiger partial charge on any atom is -0.206 e. The van der Waals surface area contributed by atoms with Crippen LogP contribution in [0, 0.1) is 12.7 Å². The second-order valence-corrected chi connectivity index (χ2v) is 4.67. The molecule has 0 spiro atoms. The van der Waals surface area contributed by atoms with Crippen LogP contribution in [-0.2, 0) is 0 Å². The van der Waals surface area contributed by atoms with Crippen LogP contribution in [0.15, 0.2) is 48.5 Å². The molecule has 16 heavy (non-hydrogen) atoms. The first-order chi connectivity index (χ1) is 7.70. The van der Waals surface area contributed by atoms with Crippen LogP contribution >= 0.6 is 15.9 Å². The molecule has 1 atom stereocenters. The quantitative estimate of drug-likeness (QED) is 0.704. The molecule has 2 aromatic rings. The van der Waals surface area contributed by atoms with Crippen LogP contribution < -0.4 is 0 Å². The number of hydrogen-bond acceptors (Lipinski definition) is 0. The first-order valence-corrected chi connectivity index (χ1v) is 6.05. The fourth-order valence-electron chi connectivity index (χ4n) is 1.67. The maximum absolute atomic E-state index is 13.9. The maximum atomic E-state index is 13.9. The first kappa shape index (κ1) is 11.3. The summed E-state index contributed by atoms with van der Waals surface area (Å²) < 4.78 is 13.9. The van der Waals surface area contributed by atoms with E-state index in [1.54, 1.807) is 13.0 Å². The van der Waals surface area contributed by atoms with E-state index in [-0.39, 0.29) is 10.6 Å². The number of benzene rings is 2. The van der Waals surface area contributed by atoms with Gasteiger partial charge in [0.25, 0.3) is 0 Å². The molecule has 0 saturated heterocycles. The zero-order chi connectivity index (χ0) is 11.5. The lowest BCUT2D eigenvalue weighted by Crippen LogP contribution is -1.98. The van der Waals surface area contributed by atoms with Crippen molar-refractivity contribution >= 4 is 15.9 Å². The van der Waals surface area contributed by atoms with Crippen LogP contribution in [0.4, 0.5) is 4.39 Å². The average Bonchev–Trinajstić information content (AvgIpc) is 2.33. The van der Waals surface area contributed by atoms with Crippen LogP contribution in [0.3, 0.4) is 0 Å². The van der Waals surface area contributed by atoms with Crippen LogP contribution in [0.5, 0.6) is 0 Å². The highest BCUT2D eigenvalue weighted by molar-refractivity contribution is 9.09. The third-order valence-corrected chi connectivity index (χ3v) is 3.61. The van der Waals surface area contributed by atoms with Gasteiger partial charge in [-0.1, -0.05) is 64.5 Å². The van der Waals surface area contributed by atoms with Gasteiger partial charge in [0.15, 0.2) is 0 Å². The molecule has 0 N–H and O–H groups in total. The topological polar surface area (TPSA) is 0 Å². The lowest BCUT2D eigenvalue weighted by atomic mass is 10.0. The van der Waals surface area contributed by atoms with Gasteiger partial charge in [0.2, 0.25) is 0 Å². The minimum atomic E-state index is -0.131. The zero-order valence-corrected chi connectivity index (χ0v) is 10.5. The molecular formula is C14H12BrF. The van der Waals surface area contributed by atoms with Crippen molar-refractivity contribution in [3.8, 4) is 0 Å². The molecule has 0 aliphatic heterocycles. The van der Waals surface area contributed by atoms with Gasteiger partial charge >= 0.3 is 0 Å². The van der Waals surface area contributed by atoms with E-state index in [4.69, 9.17) is 0 Å². The molecular weight excluding hydrogens is 267 g/mol. The number of halogens is 2. The number of hydrogen-bond donors (Lipinski definition) is 0. The molecule has 0 amide bonds. The average molecular weight is 279 g/mol. The molecule has 0 aromatic heterocycles. The summed E-state index contributed by atoms with van der Waals surface area (Å²) in [5.41, 5.74) is 2.43. The Kier molecular flexibility index (Phi) is 3.39. The first-order valence-electron chi connectivity index (χ1n) is 5.14. The Hall–Kier alpha value is -1.15. The normalized spacial score (nSPS) is 12.4. The molecule has 82 valence electrons. The highest BCUT2D eigenvalue weighted by Crippen LogP contribution is 2.32. The standard InChI is InChI=1S/C14H12BrF/c1-10-6-5-9-12(14(10)16)13(15)11-7-3-2-4-8-11/h2-9,13H,1H3. The molecule has 0 heterocycles. The van der Waals surface area contributed by atoms with E-state index < -0.39 is 0 Å². The summed E-state index contributed by atoms with van der Waals surface area (Å²) in [4.78, 5) is -0.0893. The van der Waals surface area contributed by atoms with E-state index in [0.29, 0.717) is 11.1 Å². The number of rotatable bonds is 2. The molecule has 0 fully saturated rings. The molecule has 0 aliphatic carbocycles. The highest BCUT2D eigenvalue weighted by Gasteiger charge is 2.15. The molecule has 0 saturated carbocycles. The van der Waals surface area contributed by atoms with Gasteiger partial charge in [0.1, 0.15) is 5.82 Å². The van der Waals surface area contributed by atoms with Gasteiger partial charge in [0, 0.05) is 5.56 Å². The smallest absolute Gasteiger partial charge is 0.130 e. The van der Waals surface area contributed by atoms with Crippen molar-refractivity contribution in [3.63, 3.8) is 0 Å². The van der Waals surface area contributed by atoms with Gasteiger partial charge in [-0.05, 0) is 18.1 Å². The molecule has 2 aromatic carbocycles. The van der Waals surface area contributed by atoms with Crippen molar-refractivity contribution in [2.24, 2.45) is 0 Å². The Balaban J connectivity index is 2.42. The van der Waals surface area contributed by atoms with Crippen molar-refractivity contribution in [2.75, 3.05) is 0 Å². The number of aryl methyl sites for hydroxylation is 1. The van der Waals surface area contributed by atoms with Gasteiger partial charge in [-0.3, -0.25) is 0 Å².